The Morgan fingerprint density at radius 2 is 1.70 bits per heavy atom. The number of thiazole rings is 1. The fourth-order valence-corrected chi connectivity index (χ4v) is 5.94. The highest BCUT2D eigenvalue weighted by molar-refractivity contribution is 8.01. The lowest BCUT2D eigenvalue weighted by Gasteiger charge is -2.19. The van der Waals surface area contributed by atoms with Crippen LogP contribution < -0.4 is 0 Å². The Labute approximate surface area is 187 Å². The average molecular weight is 449 g/mol. The van der Waals surface area contributed by atoms with Crippen molar-refractivity contribution in [3.8, 4) is 16.4 Å². The minimum absolute atomic E-state index is 0.112. The summed E-state index contributed by atoms with van der Waals surface area (Å²) in [6, 6.07) is 21.0. The molecule has 3 aromatic heterocycles. The summed E-state index contributed by atoms with van der Waals surface area (Å²) < 4.78 is 4.28. The number of benzene rings is 2. The highest BCUT2D eigenvalue weighted by Gasteiger charge is 2.20. The SMILES string of the molecule is CC(C)(C)c1ccc(-n2c(Sc3nc4ccccc4s3)nnc2-c2cccs2)cc1. The number of aromatic nitrogens is 4. The predicted molar refractivity (Wildman–Crippen MR) is 127 cm³/mol. The molecule has 5 aromatic rings. The van der Waals surface area contributed by atoms with Crippen LogP contribution in [0.15, 0.2) is 75.5 Å². The topological polar surface area (TPSA) is 43.6 Å². The molecule has 4 nitrogen and oxygen atoms in total. The molecule has 0 radical (unpaired) electrons. The van der Waals surface area contributed by atoms with Gasteiger partial charge in [-0.05, 0) is 58.5 Å². The second kappa shape index (κ2) is 7.65. The fourth-order valence-electron chi connectivity index (χ4n) is 3.22. The second-order valence-corrected chi connectivity index (χ2v) is 11.2. The molecule has 0 fully saturated rings. The summed E-state index contributed by atoms with van der Waals surface area (Å²) in [4.78, 5) is 5.86. The summed E-state index contributed by atoms with van der Waals surface area (Å²) in [5.41, 5.74) is 3.49. The molecule has 0 atom stereocenters. The van der Waals surface area contributed by atoms with Gasteiger partial charge in [-0.3, -0.25) is 4.57 Å². The number of hydrogen-bond donors (Lipinski definition) is 0. The normalized spacial score (nSPS) is 12.0. The zero-order valence-corrected chi connectivity index (χ0v) is 19.3. The molecular formula is C23H20N4S3. The highest BCUT2D eigenvalue weighted by atomic mass is 32.2. The van der Waals surface area contributed by atoms with Crippen LogP contribution in [0.5, 0.6) is 0 Å². The van der Waals surface area contributed by atoms with Crippen molar-refractivity contribution in [3.63, 3.8) is 0 Å². The van der Waals surface area contributed by atoms with E-state index >= 15 is 0 Å². The first-order valence-corrected chi connectivity index (χ1v) is 12.1. The first kappa shape index (κ1) is 19.5. The van der Waals surface area contributed by atoms with Gasteiger partial charge < -0.3 is 0 Å². The van der Waals surface area contributed by atoms with Crippen molar-refractivity contribution in [1.82, 2.24) is 19.7 Å². The van der Waals surface area contributed by atoms with E-state index in [9.17, 15) is 0 Å². The largest absolute Gasteiger partial charge is 0.269 e. The van der Waals surface area contributed by atoms with Crippen molar-refractivity contribution >= 4 is 44.7 Å². The number of fused-ring (bicyclic) bond motifs is 1. The first-order valence-electron chi connectivity index (χ1n) is 9.63. The van der Waals surface area contributed by atoms with Gasteiger partial charge in [-0.25, -0.2) is 4.98 Å². The average Bonchev–Trinajstić information content (AvgIpc) is 3.46. The molecule has 0 saturated heterocycles. The van der Waals surface area contributed by atoms with E-state index in [2.05, 4.69) is 77.3 Å². The maximum Gasteiger partial charge on any atom is 0.203 e. The molecule has 0 bridgehead atoms. The molecule has 0 amide bonds. The van der Waals surface area contributed by atoms with E-state index in [0.29, 0.717) is 0 Å². The zero-order valence-electron chi connectivity index (χ0n) is 16.9. The van der Waals surface area contributed by atoms with Crippen LogP contribution in [0.1, 0.15) is 26.3 Å². The maximum atomic E-state index is 4.76. The Hall–Kier alpha value is -2.48. The molecule has 0 saturated carbocycles. The predicted octanol–water partition coefficient (Wildman–Crippen LogP) is 7.05. The second-order valence-electron chi connectivity index (χ2n) is 7.97. The third kappa shape index (κ3) is 3.69. The van der Waals surface area contributed by atoms with Gasteiger partial charge in [0.05, 0.1) is 15.1 Å². The fraction of sp³-hybridized carbons (Fsp3) is 0.174. The quantitative estimate of drug-likeness (QED) is 0.295. The van der Waals surface area contributed by atoms with Crippen LogP contribution in [-0.2, 0) is 5.41 Å². The van der Waals surface area contributed by atoms with Crippen LogP contribution in [-0.4, -0.2) is 19.7 Å². The Bertz CT molecular complexity index is 1260. The maximum absolute atomic E-state index is 4.76. The number of rotatable bonds is 4. The molecular weight excluding hydrogens is 428 g/mol. The van der Waals surface area contributed by atoms with Crippen LogP contribution in [0.2, 0.25) is 0 Å². The van der Waals surface area contributed by atoms with Gasteiger partial charge in [0, 0.05) is 5.69 Å². The Morgan fingerprint density at radius 1 is 0.900 bits per heavy atom. The van der Waals surface area contributed by atoms with Crippen molar-refractivity contribution < 1.29 is 0 Å². The Kier molecular flexibility index (Phi) is 4.97. The van der Waals surface area contributed by atoms with Crippen LogP contribution >= 0.6 is 34.4 Å². The van der Waals surface area contributed by atoms with Crippen molar-refractivity contribution in [1.29, 1.82) is 0 Å². The number of nitrogens with zero attached hydrogens (tertiary/aromatic N) is 4. The Balaban J connectivity index is 1.59. The molecule has 5 rings (SSSR count). The van der Waals surface area contributed by atoms with E-state index < -0.39 is 0 Å². The van der Waals surface area contributed by atoms with Gasteiger partial charge in [0.2, 0.25) is 5.16 Å². The molecule has 30 heavy (non-hydrogen) atoms. The van der Waals surface area contributed by atoms with Crippen LogP contribution in [0, 0.1) is 0 Å². The number of para-hydroxylation sites is 1. The van der Waals surface area contributed by atoms with E-state index in [0.717, 1.165) is 31.4 Å². The molecule has 0 aliphatic carbocycles. The molecule has 7 heteroatoms. The van der Waals surface area contributed by atoms with Crippen LogP contribution in [0.3, 0.4) is 0 Å². The Morgan fingerprint density at radius 3 is 2.40 bits per heavy atom. The summed E-state index contributed by atoms with van der Waals surface area (Å²) >= 11 is 4.92. The van der Waals surface area contributed by atoms with E-state index in [1.807, 2.05) is 24.3 Å². The molecule has 0 unspecified atom stereocenters. The number of hydrogen-bond acceptors (Lipinski definition) is 6. The molecule has 150 valence electrons. The third-order valence-electron chi connectivity index (χ3n) is 4.82. The highest BCUT2D eigenvalue weighted by Crippen LogP contribution is 2.37. The molecule has 3 heterocycles. The summed E-state index contributed by atoms with van der Waals surface area (Å²) in [7, 11) is 0. The molecule has 0 N–H and O–H groups in total. The van der Waals surface area contributed by atoms with E-state index in [1.165, 1.54) is 10.3 Å². The van der Waals surface area contributed by atoms with Gasteiger partial charge in [-0.2, -0.15) is 0 Å². The van der Waals surface area contributed by atoms with Crippen molar-refractivity contribution in [2.45, 2.75) is 35.7 Å². The van der Waals surface area contributed by atoms with Gasteiger partial charge in [0.25, 0.3) is 0 Å². The molecule has 0 aliphatic heterocycles. The third-order valence-corrected chi connectivity index (χ3v) is 7.73. The van der Waals surface area contributed by atoms with Gasteiger partial charge in [0.1, 0.15) is 0 Å². The smallest absolute Gasteiger partial charge is 0.203 e. The minimum atomic E-state index is 0.112. The standard InChI is InChI=1S/C23H20N4S3/c1-23(2,3)15-10-12-16(13-11-15)27-20(19-9-6-14-28-19)25-26-21(27)30-22-24-17-7-4-5-8-18(17)29-22/h4-14H,1-3H3. The lowest BCUT2D eigenvalue weighted by molar-refractivity contribution is 0.590. The van der Waals surface area contributed by atoms with E-state index in [4.69, 9.17) is 4.98 Å². The number of thiophene rings is 1. The summed E-state index contributed by atoms with van der Waals surface area (Å²) in [5, 5.41) is 12.0. The van der Waals surface area contributed by atoms with E-state index in [1.54, 1.807) is 34.4 Å². The van der Waals surface area contributed by atoms with Crippen molar-refractivity contribution in [3.05, 3.63) is 71.6 Å². The van der Waals surface area contributed by atoms with Gasteiger partial charge in [0.15, 0.2) is 10.2 Å². The molecule has 2 aromatic carbocycles. The zero-order chi connectivity index (χ0) is 20.7. The van der Waals surface area contributed by atoms with Gasteiger partial charge >= 0.3 is 0 Å². The summed E-state index contributed by atoms with van der Waals surface area (Å²) in [6.45, 7) is 6.69. The van der Waals surface area contributed by atoms with Crippen molar-refractivity contribution in [2.24, 2.45) is 0 Å². The summed E-state index contributed by atoms with van der Waals surface area (Å²) in [5.74, 6) is 0.858. The molecule has 0 spiro atoms. The lowest BCUT2D eigenvalue weighted by Crippen LogP contribution is -2.11. The molecule has 0 aliphatic rings. The van der Waals surface area contributed by atoms with Gasteiger partial charge in [-0.1, -0.05) is 51.1 Å². The van der Waals surface area contributed by atoms with Crippen LogP contribution in [0.25, 0.3) is 26.6 Å². The first-order chi connectivity index (χ1) is 14.5. The summed E-state index contributed by atoms with van der Waals surface area (Å²) in [6.07, 6.45) is 0. The van der Waals surface area contributed by atoms with Crippen molar-refractivity contribution in [2.75, 3.05) is 0 Å². The monoisotopic (exact) mass is 448 g/mol. The van der Waals surface area contributed by atoms with Crippen LogP contribution in [0.4, 0.5) is 0 Å². The lowest BCUT2D eigenvalue weighted by atomic mass is 9.87. The van der Waals surface area contributed by atoms with E-state index in [-0.39, 0.29) is 5.41 Å². The minimum Gasteiger partial charge on any atom is -0.269 e. The van der Waals surface area contributed by atoms with Gasteiger partial charge in [-0.15, -0.1) is 32.9 Å².